The third-order valence-electron chi connectivity index (χ3n) is 4.53. The fraction of sp³-hybridized carbons (Fsp3) is 0.867. The first-order chi connectivity index (χ1) is 8.69. The van der Waals surface area contributed by atoms with E-state index in [1.165, 1.54) is 19.3 Å². The Morgan fingerprint density at radius 3 is 2.28 bits per heavy atom. The number of esters is 1. The molecule has 0 saturated heterocycles. The zero-order valence-electron chi connectivity index (χ0n) is 11.3. The number of carbonyl (C=O) groups is 2. The molecule has 3 nitrogen and oxygen atoms in total. The highest BCUT2D eigenvalue weighted by Crippen LogP contribution is 2.32. The molecule has 102 valence electrons. The van der Waals surface area contributed by atoms with Crippen LogP contribution in [0.3, 0.4) is 0 Å². The molecule has 0 aromatic carbocycles. The van der Waals surface area contributed by atoms with Gasteiger partial charge in [-0.25, -0.2) is 0 Å². The van der Waals surface area contributed by atoms with Gasteiger partial charge in [0.05, 0.1) is 5.92 Å². The van der Waals surface area contributed by atoms with Crippen molar-refractivity contribution in [1.29, 1.82) is 0 Å². The van der Waals surface area contributed by atoms with E-state index in [0.717, 1.165) is 31.6 Å². The first-order valence-corrected chi connectivity index (χ1v) is 7.41. The number of ether oxygens (including phenoxy) is 1. The van der Waals surface area contributed by atoms with Crippen molar-refractivity contribution in [3.63, 3.8) is 0 Å². The van der Waals surface area contributed by atoms with Crippen LogP contribution in [0.25, 0.3) is 0 Å². The number of hydrogen-bond acceptors (Lipinski definition) is 3. The molecule has 0 amide bonds. The average molecular weight is 252 g/mol. The minimum Gasteiger partial charge on any atom is -0.462 e. The number of Topliss-reactive ketones (excluding diaryl/α,β-unsaturated/α-hetero) is 1. The van der Waals surface area contributed by atoms with Gasteiger partial charge >= 0.3 is 5.97 Å². The first kappa shape index (κ1) is 13.6. The molecule has 0 unspecified atom stereocenters. The van der Waals surface area contributed by atoms with Crippen molar-refractivity contribution in [2.24, 2.45) is 11.8 Å². The highest BCUT2D eigenvalue weighted by atomic mass is 16.5. The highest BCUT2D eigenvalue weighted by Gasteiger charge is 2.29. The zero-order valence-corrected chi connectivity index (χ0v) is 11.3. The van der Waals surface area contributed by atoms with Gasteiger partial charge in [0.15, 0.2) is 0 Å². The summed E-state index contributed by atoms with van der Waals surface area (Å²) >= 11 is 0. The molecule has 0 aromatic rings. The smallest absolute Gasteiger partial charge is 0.309 e. The Hall–Kier alpha value is -0.860. The van der Waals surface area contributed by atoms with Gasteiger partial charge in [0.25, 0.3) is 0 Å². The second-order valence-corrected chi connectivity index (χ2v) is 5.80. The Labute approximate surface area is 109 Å². The van der Waals surface area contributed by atoms with E-state index >= 15 is 0 Å². The summed E-state index contributed by atoms with van der Waals surface area (Å²) in [4.78, 5) is 23.2. The van der Waals surface area contributed by atoms with Gasteiger partial charge in [0.2, 0.25) is 0 Å². The molecule has 2 rings (SSSR count). The van der Waals surface area contributed by atoms with E-state index in [0.29, 0.717) is 18.6 Å². The Kier molecular flexibility index (Phi) is 4.79. The van der Waals surface area contributed by atoms with E-state index in [1.807, 2.05) is 0 Å². The molecule has 2 aliphatic rings. The van der Waals surface area contributed by atoms with Gasteiger partial charge in [-0.3, -0.25) is 9.59 Å². The van der Waals surface area contributed by atoms with Crippen molar-refractivity contribution in [3.8, 4) is 0 Å². The standard InChI is InChI=1S/C15H24O3/c1-2-11-3-5-12(6-4-11)15(17)18-14-9-7-13(16)8-10-14/h11-12,14H,2-10H2,1H3. The molecule has 0 heterocycles. The quantitative estimate of drug-likeness (QED) is 0.724. The zero-order chi connectivity index (χ0) is 13.0. The fourth-order valence-electron chi connectivity index (χ4n) is 3.10. The lowest BCUT2D eigenvalue weighted by Crippen LogP contribution is -2.30. The van der Waals surface area contributed by atoms with Gasteiger partial charge in [-0.15, -0.1) is 0 Å². The van der Waals surface area contributed by atoms with Crippen LogP contribution in [0.1, 0.15) is 64.7 Å². The van der Waals surface area contributed by atoms with Crippen LogP contribution in [-0.4, -0.2) is 17.9 Å². The number of ketones is 1. The Bertz CT molecular complexity index is 293. The summed E-state index contributed by atoms with van der Waals surface area (Å²) in [7, 11) is 0. The van der Waals surface area contributed by atoms with Gasteiger partial charge in [-0.1, -0.05) is 13.3 Å². The van der Waals surface area contributed by atoms with Crippen LogP contribution in [-0.2, 0) is 14.3 Å². The van der Waals surface area contributed by atoms with Crippen LogP contribution in [0.4, 0.5) is 0 Å². The van der Waals surface area contributed by atoms with Crippen LogP contribution in [0.2, 0.25) is 0 Å². The lowest BCUT2D eigenvalue weighted by molar-refractivity contribution is -0.158. The second-order valence-electron chi connectivity index (χ2n) is 5.80. The van der Waals surface area contributed by atoms with Crippen LogP contribution < -0.4 is 0 Å². The monoisotopic (exact) mass is 252 g/mol. The maximum atomic E-state index is 12.0. The summed E-state index contributed by atoms with van der Waals surface area (Å²) in [6, 6.07) is 0. The highest BCUT2D eigenvalue weighted by molar-refractivity contribution is 5.79. The van der Waals surface area contributed by atoms with E-state index in [2.05, 4.69) is 6.92 Å². The van der Waals surface area contributed by atoms with Crippen LogP contribution in [0, 0.1) is 11.8 Å². The van der Waals surface area contributed by atoms with Gasteiger partial charge in [0, 0.05) is 12.8 Å². The predicted molar refractivity (Wildman–Crippen MR) is 69.1 cm³/mol. The van der Waals surface area contributed by atoms with Gasteiger partial charge in [-0.2, -0.15) is 0 Å². The molecular formula is C15H24O3. The third-order valence-corrected chi connectivity index (χ3v) is 4.53. The Morgan fingerprint density at radius 1 is 1.11 bits per heavy atom. The normalized spacial score (nSPS) is 30.2. The van der Waals surface area contributed by atoms with Crippen molar-refractivity contribution in [1.82, 2.24) is 0 Å². The largest absolute Gasteiger partial charge is 0.462 e. The van der Waals surface area contributed by atoms with Crippen LogP contribution >= 0.6 is 0 Å². The molecule has 0 bridgehead atoms. The molecule has 3 heteroatoms. The molecular weight excluding hydrogens is 228 g/mol. The van der Waals surface area contributed by atoms with Gasteiger partial charge in [0.1, 0.15) is 11.9 Å². The van der Waals surface area contributed by atoms with Crippen LogP contribution in [0.15, 0.2) is 0 Å². The third kappa shape index (κ3) is 3.56. The molecule has 0 aliphatic heterocycles. The SMILES string of the molecule is CCC1CCC(C(=O)OC2CCC(=O)CC2)CC1. The fourth-order valence-corrected chi connectivity index (χ4v) is 3.10. The van der Waals surface area contributed by atoms with E-state index in [4.69, 9.17) is 4.74 Å². The minimum absolute atomic E-state index is 0.000835. The van der Waals surface area contributed by atoms with Crippen molar-refractivity contribution >= 4 is 11.8 Å². The molecule has 2 saturated carbocycles. The van der Waals surface area contributed by atoms with E-state index in [-0.39, 0.29) is 18.0 Å². The van der Waals surface area contributed by atoms with Crippen molar-refractivity contribution < 1.29 is 14.3 Å². The molecule has 0 atom stereocenters. The van der Waals surface area contributed by atoms with E-state index in [1.54, 1.807) is 0 Å². The van der Waals surface area contributed by atoms with Gasteiger partial charge in [-0.05, 0) is 44.4 Å². The number of rotatable bonds is 3. The van der Waals surface area contributed by atoms with E-state index < -0.39 is 0 Å². The summed E-state index contributed by atoms with van der Waals surface area (Å²) in [5.74, 6) is 1.22. The average Bonchev–Trinajstić information content (AvgIpc) is 2.41. The molecule has 2 fully saturated rings. The molecule has 0 aromatic heterocycles. The van der Waals surface area contributed by atoms with Gasteiger partial charge < -0.3 is 4.74 Å². The lowest BCUT2D eigenvalue weighted by atomic mass is 9.81. The molecule has 2 aliphatic carbocycles. The summed E-state index contributed by atoms with van der Waals surface area (Å²) in [6.45, 7) is 2.22. The molecule has 0 spiro atoms. The molecule has 0 N–H and O–H groups in total. The minimum atomic E-state index is -0.0103. The predicted octanol–water partition coefficient (Wildman–Crippen LogP) is 3.26. The molecule has 0 radical (unpaired) electrons. The van der Waals surface area contributed by atoms with E-state index in [9.17, 15) is 9.59 Å². The van der Waals surface area contributed by atoms with Crippen molar-refractivity contribution in [2.45, 2.75) is 70.8 Å². The first-order valence-electron chi connectivity index (χ1n) is 7.41. The molecule has 18 heavy (non-hydrogen) atoms. The lowest BCUT2D eigenvalue weighted by Gasteiger charge is -2.29. The number of hydrogen-bond donors (Lipinski definition) is 0. The Balaban J connectivity index is 1.73. The summed E-state index contributed by atoms with van der Waals surface area (Å²) < 4.78 is 5.56. The summed E-state index contributed by atoms with van der Waals surface area (Å²) in [5, 5.41) is 0. The van der Waals surface area contributed by atoms with Crippen molar-refractivity contribution in [2.75, 3.05) is 0 Å². The maximum absolute atomic E-state index is 12.0. The summed E-state index contributed by atoms with van der Waals surface area (Å²) in [5.41, 5.74) is 0. The summed E-state index contributed by atoms with van der Waals surface area (Å²) in [6.07, 6.45) is 8.17. The number of carbonyl (C=O) groups excluding carboxylic acids is 2. The topological polar surface area (TPSA) is 43.4 Å². The van der Waals surface area contributed by atoms with Crippen LogP contribution in [0.5, 0.6) is 0 Å². The Morgan fingerprint density at radius 2 is 1.72 bits per heavy atom. The second kappa shape index (κ2) is 6.35. The maximum Gasteiger partial charge on any atom is 0.309 e. The van der Waals surface area contributed by atoms with Crippen molar-refractivity contribution in [3.05, 3.63) is 0 Å².